The van der Waals surface area contributed by atoms with Crippen molar-refractivity contribution >= 4 is 33.7 Å². The van der Waals surface area contributed by atoms with Gasteiger partial charge in [0.2, 0.25) is 21.8 Å². The van der Waals surface area contributed by atoms with Crippen LogP contribution in [0.15, 0.2) is 33.6 Å². The average molecular weight is 439 g/mol. The maximum Gasteiger partial charge on any atom is 0.322 e. The van der Waals surface area contributed by atoms with Gasteiger partial charge in [0, 0.05) is 23.2 Å². The first-order chi connectivity index (χ1) is 13.7. The minimum atomic E-state index is -3.31. The number of sulfonamides is 1. The minimum Gasteiger partial charge on any atom is -0.407 e. The molecule has 29 heavy (non-hydrogen) atoms. The number of piperidine rings is 1. The van der Waals surface area contributed by atoms with Crippen molar-refractivity contribution in [2.75, 3.05) is 24.7 Å². The molecule has 2 heterocycles. The Morgan fingerprint density at radius 3 is 2.69 bits per heavy atom. The number of thioether (sulfide) groups is 1. The van der Waals surface area contributed by atoms with Crippen LogP contribution in [0.4, 0.5) is 6.01 Å². The maximum absolute atomic E-state index is 12.5. The van der Waals surface area contributed by atoms with E-state index in [1.54, 1.807) is 11.8 Å². The zero-order valence-corrected chi connectivity index (χ0v) is 18.4. The molecule has 1 N–H and O–H groups in total. The standard InChI is InChI=1S/C19H26N4O4S2/c1-13(2)28-16-8-6-14(7-9-16)11-17-21-22-19(27-17)20-18(24)15-5-4-10-23(12-15)29(3,25)26/h6-9,13,15H,4-5,10-12H2,1-3H3,(H,20,22,24). The van der Waals surface area contributed by atoms with Crippen molar-refractivity contribution in [3.63, 3.8) is 0 Å². The van der Waals surface area contributed by atoms with Crippen LogP contribution in [0.2, 0.25) is 0 Å². The molecule has 0 saturated carbocycles. The molecule has 158 valence electrons. The lowest BCUT2D eigenvalue weighted by molar-refractivity contribution is -0.121. The highest BCUT2D eigenvalue weighted by Gasteiger charge is 2.30. The third-order valence-corrected chi connectivity index (χ3v) is 6.86. The van der Waals surface area contributed by atoms with E-state index in [2.05, 4.69) is 41.5 Å². The monoisotopic (exact) mass is 438 g/mol. The summed E-state index contributed by atoms with van der Waals surface area (Å²) >= 11 is 1.80. The highest BCUT2D eigenvalue weighted by Crippen LogP contribution is 2.24. The molecule has 1 aliphatic heterocycles. The molecule has 3 rings (SSSR count). The summed E-state index contributed by atoms with van der Waals surface area (Å²) in [7, 11) is -3.31. The topological polar surface area (TPSA) is 105 Å². The number of nitrogens with one attached hydrogen (secondary N) is 1. The first-order valence-corrected chi connectivity index (χ1v) is 12.3. The largest absolute Gasteiger partial charge is 0.407 e. The maximum atomic E-state index is 12.5. The number of aromatic nitrogens is 2. The van der Waals surface area contributed by atoms with Gasteiger partial charge in [-0.1, -0.05) is 31.1 Å². The Morgan fingerprint density at radius 1 is 1.31 bits per heavy atom. The zero-order chi connectivity index (χ0) is 21.0. The van der Waals surface area contributed by atoms with E-state index in [1.807, 2.05) is 12.1 Å². The molecule has 1 saturated heterocycles. The van der Waals surface area contributed by atoms with Gasteiger partial charge in [-0.3, -0.25) is 10.1 Å². The Kier molecular flexibility index (Phi) is 6.97. The van der Waals surface area contributed by atoms with E-state index in [4.69, 9.17) is 4.42 Å². The van der Waals surface area contributed by atoms with Gasteiger partial charge in [-0.2, -0.15) is 0 Å². The van der Waals surface area contributed by atoms with Crippen molar-refractivity contribution in [1.29, 1.82) is 0 Å². The average Bonchev–Trinajstić information content (AvgIpc) is 3.09. The number of carbonyl (C=O) groups is 1. The number of amides is 1. The van der Waals surface area contributed by atoms with Crippen LogP contribution in [0.25, 0.3) is 0 Å². The van der Waals surface area contributed by atoms with Gasteiger partial charge in [0.25, 0.3) is 0 Å². The summed E-state index contributed by atoms with van der Waals surface area (Å²) in [6, 6.07) is 8.21. The van der Waals surface area contributed by atoms with Crippen LogP contribution in [-0.2, 0) is 21.2 Å². The molecule has 10 heteroatoms. The molecule has 1 aromatic heterocycles. The summed E-state index contributed by atoms with van der Waals surface area (Å²) < 4.78 is 30.3. The fraction of sp³-hybridized carbons (Fsp3) is 0.526. The molecule has 0 aliphatic carbocycles. The predicted octanol–water partition coefficient (Wildman–Crippen LogP) is 2.77. The highest BCUT2D eigenvalue weighted by atomic mass is 32.2. The van der Waals surface area contributed by atoms with Crippen molar-refractivity contribution in [3.8, 4) is 0 Å². The van der Waals surface area contributed by atoms with Crippen LogP contribution < -0.4 is 5.32 Å². The third-order valence-electron chi connectivity index (χ3n) is 4.57. The van der Waals surface area contributed by atoms with Crippen molar-refractivity contribution in [2.45, 2.75) is 43.3 Å². The molecule has 1 unspecified atom stereocenters. The molecule has 8 nitrogen and oxygen atoms in total. The first kappa shape index (κ1) is 21.8. The molecule has 0 bridgehead atoms. The molecular formula is C19H26N4O4S2. The zero-order valence-electron chi connectivity index (χ0n) is 16.8. The predicted molar refractivity (Wildman–Crippen MR) is 112 cm³/mol. The van der Waals surface area contributed by atoms with E-state index in [0.717, 1.165) is 11.8 Å². The molecule has 1 amide bonds. The second kappa shape index (κ2) is 9.27. The van der Waals surface area contributed by atoms with Crippen molar-refractivity contribution in [3.05, 3.63) is 35.7 Å². The van der Waals surface area contributed by atoms with Gasteiger partial charge in [0.15, 0.2) is 0 Å². The van der Waals surface area contributed by atoms with Gasteiger partial charge in [0.1, 0.15) is 0 Å². The van der Waals surface area contributed by atoms with Gasteiger partial charge < -0.3 is 4.42 Å². The Morgan fingerprint density at radius 2 is 2.03 bits per heavy atom. The number of anilines is 1. The number of rotatable bonds is 7. The van der Waals surface area contributed by atoms with E-state index in [9.17, 15) is 13.2 Å². The van der Waals surface area contributed by atoms with E-state index >= 15 is 0 Å². The van der Waals surface area contributed by atoms with E-state index in [-0.39, 0.29) is 18.5 Å². The van der Waals surface area contributed by atoms with Crippen molar-refractivity contribution in [2.24, 2.45) is 5.92 Å². The summed E-state index contributed by atoms with van der Waals surface area (Å²) in [5.74, 6) is -0.325. The second-order valence-electron chi connectivity index (χ2n) is 7.44. The Hall–Kier alpha value is -1.91. The van der Waals surface area contributed by atoms with Gasteiger partial charge >= 0.3 is 6.01 Å². The van der Waals surface area contributed by atoms with E-state index in [1.165, 1.54) is 9.20 Å². The second-order valence-corrected chi connectivity index (χ2v) is 11.1. The van der Waals surface area contributed by atoms with Crippen LogP contribution in [0, 0.1) is 5.92 Å². The molecular weight excluding hydrogens is 412 g/mol. The molecule has 1 fully saturated rings. The highest BCUT2D eigenvalue weighted by molar-refractivity contribution is 7.99. The SMILES string of the molecule is CC(C)Sc1ccc(Cc2nnc(NC(=O)C3CCCN(S(C)(=O)=O)C3)o2)cc1. The summed E-state index contributed by atoms with van der Waals surface area (Å²) in [5, 5.41) is 11.0. The first-order valence-electron chi connectivity index (χ1n) is 9.54. The lowest BCUT2D eigenvalue weighted by Crippen LogP contribution is -2.43. The lowest BCUT2D eigenvalue weighted by atomic mass is 9.99. The van der Waals surface area contributed by atoms with Crippen molar-refractivity contribution < 1.29 is 17.6 Å². The number of hydrogen-bond donors (Lipinski definition) is 1. The van der Waals surface area contributed by atoms with Crippen LogP contribution >= 0.6 is 11.8 Å². The Balaban J connectivity index is 1.56. The van der Waals surface area contributed by atoms with Gasteiger partial charge in [0.05, 0.1) is 18.6 Å². The van der Waals surface area contributed by atoms with Crippen LogP contribution in [0.5, 0.6) is 0 Å². The Labute approximate surface area is 175 Å². The van der Waals surface area contributed by atoms with Crippen LogP contribution in [-0.4, -0.2) is 53.4 Å². The molecule has 2 aromatic rings. The quantitative estimate of drug-likeness (QED) is 0.663. The molecule has 1 atom stereocenters. The fourth-order valence-electron chi connectivity index (χ4n) is 3.17. The summed E-state index contributed by atoms with van der Waals surface area (Å²) in [6.07, 6.45) is 2.90. The van der Waals surface area contributed by atoms with Crippen LogP contribution in [0.1, 0.15) is 38.1 Å². The number of nitrogens with zero attached hydrogens (tertiary/aromatic N) is 3. The van der Waals surface area contributed by atoms with Gasteiger partial charge in [-0.05, 0) is 30.5 Å². The van der Waals surface area contributed by atoms with Crippen molar-refractivity contribution in [1.82, 2.24) is 14.5 Å². The molecule has 1 aliphatic rings. The molecule has 0 radical (unpaired) electrons. The number of carbonyl (C=O) groups excluding carboxylic acids is 1. The van der Waals surface area contributed by atoms with E-state index < -0.39 is 15.9 Å². The fourth-order valence-corrected chi connectivity index (χ4v) is 4.92. The number of benzene rings is 1. The molecule has 0 spiro atoms. The Bertz CT molecular complexity index is 941. The summed E-state index contributed by atoms with van der Waals surface area (Å²) in [4.78, 5) is 13.7. The number of hydrogen-bond acceptors (Lipinski definition) is 7. The minimum absolute atomic E-state index is 0.0356. The normalized spacial score (nSPS) is 18.1. The van der Waals surface area contributed by atoms with E-state index in [0.29, 0.717) is 36.9 Å². The smallest absolute Gasteiger partial charge is 0.322 e. The third kappa shape index (κ3) is 6.28. The lowest BCUT2D eigenvalue weighted by Gasteiger charge is -2.29. The summed E-state index contributed by atoms with van der Waals surface area (Å²) in [6.45, 7) is 4.92. The van der Waals surface area contributed by atoms with Crippen LogP contribution in [0.3, 0.4) is 0 Å². The van der Waals surface area contributed by atoms with Gasteiger partial charge in [-0.25, -0.2) is 12.7 Å². The van der Waals surface area contributed by atoms with Gasteiger partial charge in [-0.15, -0.1) is 16.9 Å². The molecule has 1 aromatic carbocycles. The summed E-state index contributed by atoms with van der Waals surface area (Å²) in [5.41, 5.74) is 1.04.